The molecule has 1 saturated heterocycles. The number of piperidine rings is 1. The van der Waals surface area contributed by atoms with E-state index in [-0.39, 0.29) is 29.4 Å². The number of benzene rings is 1. The molecule has 0 bridgehead atoms. The van der Waals surface area contributed by atoms with Gasteiger partial charge in [-0.15, -0.1) is 0 Å². The Morgan fingerprint density at radius 2 is 1.73 bits per heavy atom. The molecule has 9 heteroatoms. The van der Waals surface area contributed by atoms with Gasteiger partial charge < -0.3 is 4.90 Å². The van der Waals surface area contributed by atoms with Crippen LogP contribution in [0.2, 0.25) is 0 Å². The van der Waals surface area contributed by atoms with Crippen molar-refractivity contribution in [1.29, 1.82) is 0 Å². The Bertz CT molecular complexity index is 1030. The SMILES string of the molecule is C[C@@H]1CCC[C@H](C)N1C(=O)c1cccc(CS(=O)(=O)c2cccc(C(F)(F)F)c2)n1. The van der Waals surface area contributed by atoms with Gasteiger partial charge in [0.05, 0.1) is 21.9 Å². The maximum atomic E-state index is 13.0. The van der Waals surface area contributed by atoms with Gasteiger partial charge in [0.2, 0.25) is 0 Å². The van der Waals surface area contributed by atoms with Crippen molar-refractivity contribution >= 4 is 15.7 Å². The van der Waals surface area contributed by atoms with Gasteiger partial charge in [0.25, 0.3) is 5.91 Å². The molecule has 1 aliphatic rings. The van der Waals surface area contributed by atoms with Crippen LogP contribution in [0.4, 0.5) is 13.2 Å². The zero-order chi connectivity index (χ0) is 22.1. The lowest BCUT2D eigenvalue weighted by atomic mass is 9.97. The Labute approximate surface area is 173 Å². The van der Waals surface area contributed by atoms with Crippen LogP contribution in [0.1, 0.15) is 54.9 Å². The number of pyridine rings is 1. The first-order valence-corrected chi connectivity index (χ1v) is 11.3. The van der Waals surface area contributed by atoms with E-state index in [0.717, 1.165) is 37.5 Å². The monoisotopic (exact) mass is 440 g/mol. The molecule has 5 nitrogen and oxygen atoms in total. The van der Waals surface area contributed by atoms with E-state index in [1.165, 1.54) is 18.2 Å². The maximum absolute atomic E-state index is 13.0. The fourth-order valence-corrected chi connectivity index (χ4v) is 5.09. The van der Waals surface area contributed by atoms with Gasteiger partial charge in [-0.1, -0.05) is 12.1 Å². The van der Waals surface area contributed by atoms with Crippen LogP contribution in [0, 0.1) is 0 Å². The van der Waals surface area contributed by atoms with Crippen molar-refractivity contribution in [2.24, 2.45) is 0 Å². The summed E-state index contributed by atoms with van der Waals surface area (Å²) in [5.74, 6) is -0.867. The van der Waals surface area contributed by atoms with Crippen LogP contribution in [0.3, 0.4) is 0 Å². The standard InChI is InChI=1S/C21H23F3N2O3S/c1-14-6-3-7-15(2)26(14)20(27)19-11-5-9-17(25-19)13-30(28,29)18-10-4-8-16(12-18)21(22,23)24/h4-5,8-12,14-15H,3,6-7,13H2,1-2H3/t14-,15+. The maximum Gasteiger partial charge on any atom is 0.416 e. The van der Waals surface area contributed by atoms with Crippen molar-refractivity contribution in [2.75, 3.05) is 0 Å². The normalized spacial score (nSPS) is 20.2. The molecule has 0 radical (unpaired) electrons. The first kappa shape index (κ1) is 22.3. The Balaban J connectivity index is 1.85. The van der Waals surface area contributed by atoms with Crippen molar-refractivity contribution in [3.8, 4) is 0 Å². The van der Waals surface area contributed by atoms with Gasteiger partial charge in [-0.25, -0.2) is 13.4 Å². The fourth-order valence-electron chi connectivity index (χ4n) is 3.78. The van der Waals surface area contributed by atoms with Crippen LogP contribution in [-0.4, -0.2) is 36.3 Å². The van der Waals surface area contributed by atoms with Crippen molar-refractivity contribution in [3.05, 3.63) is 59.4 Å². The first-order valence-electron chi connectivity index (χ1n) is 9.67. The van der Waals surface area contributed by atoms with E-state index in [1.807, 2.05) is 13.8 Å². The fraction of sp³-hybridized carbons (Fsp3) is 0.429. The molecule has 0 aliphatic carbocycles. The topological polar surface area (TPSA) is 67.3 Å². The number of sulfone groups is 1. The van der Waals surface area contributed by atoms with Gasteiger partial charge in [0.1, 0.15) is 5.69 Å². The molecule has 30 heavy (non-hydrogen) atoms. The number of likely N-dealkylation sites (tertiary alicyclic amines) is 1. The average Bonchev–Trinajstić information content (AvgIpc) is 2.67. The highest BCUT2D eigenvalue weighted by Gasteiger charge is 2.32. The van der Waals surface area contributed by atoms with Crippen molar-refractivity contribution in [1.82, 2.24) is 9.88 Å². The molecule has 3 rings (SSSR count). The number of rotatable bonds is 4. The lowest BCUT2D eigenvalue weighted by Gasteiger charge is -2.38. The molecule has 2 heterocycles. The predicted molar refractivity (Wildman–Crippen MR) is 106 cm³/mol. The molecule has 1 aliphatic heterocycles. The van der Waals surface area contributed by atoms with Gasteiger partial charge in [-0.05, 0) is 63.4 Å². The van der Waals surface area contributed by atoms with Gasteiger partial charge in [-0.2, -0.15) is 13.2 Å². The van der Waals surface area contributed by atoms with Crippen molar-refractivity contribution in [2.45, 2.75) is 62.0 Å². The minimum absolute atomic E-state index is 0.0561. The number of hydrogen-bond acceptors (Lipinski definition) is 4. The zero-order valence-electron chi connectivity index (χ0n) is 16.7. The van der Waals surface area contributed by atoms with Crippen LogP contribution in [-0.2, 0) is 21.8 Å². The molecule has 1 fully saturated rings. The summed E-state index contributed by atoms with van der Waals surface area (Å²) in [6, 6.07) is 8.23. The van der Waals surface area contributed by atoms with Crippen molar-refractivity contribution in [3.63, 3.8) is 0 Å². The van der Waals surface area contributed by atoms with Gasteiger partial charge in [-0.3, -0.25) is 4.79 Å². The van der Waals surface area contributed by atoms with Gasteiger partial charge in [0, 0.05) is 12.1 Å². The van der Waals surface area contributed by atoms with E-state index in [0.29, 0.717) is 6.07 Å². The molecule has 2 atom stereocenters. The van der Waals surface area contributed by atoms with Crippen LogP contribution >= 0.6 is 0 Å². The lowest BCUT2D eigenvalue weighted by Crippen LogP contribution is -2.47. The molecule has 0 unspecified atom stereocenters. The number of nitrogens with zero attached hydrogens (tertiary/aromatic N) is 2. The van der Waals surface area contributed by atoms with E-state index in [1.54, 1.807) is 4.90 Å². The molecule has 0 saturated carbocycles. The molecule has 1 amide bonds. The third kappa shape index (κ3) is 4.83. The van der Waals surface area contributed by atoms with Gasteiger partial charge in [0.15, 0.2) is 9.84 Å². The van der Waals surface area contributed by atoms with Crippen LogP contribution < -0.4 is 0 Å². The number of carbonyl (C=O) groups is 1. The summed E-state index contributed by atoms with van der Waals surface area (Å²) in [6.07, 6.45) is -1.83. The molecule has 162 valence electrons. The molecule has 2 aromatic rings. The van der Waals surface area contributed by atoms with Crippen molar-refractivity contribution < 1.29 is 26.4 Å². The number of hydrogen-bond donors (Lipinski definition) is 0. The number of alkyl halides is 3. The molecular weight excluding hydrogens is 417 g/mol. The summed E-state index contributed by atoms with van der Waals surface area (Å²) in [5.41, 5.74) is -0.795. The molecule has 1 aromatic heterocycles. The van der Waals surface area contributed by atoms with E-state index in [9.17, 15) is 26.4 Å². The van der Waals surface area contributed by atoms with E-state index >= 15 is 0 Å². The average molecular weight is 440 g/mol. The Hall–Kier alpha value is -2.42. The third-order valence-electron chi connectivity index (χ3n) is 5.31. The number of halogens is 3. The number of aromatic nitrogens is 1. The highest BCUT2D eigenvalue weighted by molar-refractivity contribution is 7.90. The molecular formula is C21H23F3N2O3S. The predicted octanol–water partition coefficient (Wildman–Crippen LogP) is 4.48. The zero-order valence-corrected chi connectivity index (χ0v) is 17.5. The summed E-state index contributed by atoms with van der Waals surface area (Å²) in [6.45, 7) is 3.94. The number of amides is 1. The van der Waals surface area contributed by atoms with E-state index in [4.69, 9.17) is 0 Å². The smallest absolute Gasteiger partial charge is 0.332 e. The first-order chi connectivity index (χ1) is 14.0. The number of carbonyl (C=O) groups excluding carboxylic acids is 1. The minimum Gasteiger partial charge on any atom is -0.332 e. The third-order valence-corrected chi connectivity index (χ3v) is 6.96. The quantitative estimate of drug-likeness (QED) is 0.703. The highest BCUT2D eigenvalue weighted by Crippen LogP contribution is 2.31. The second-order valence-corrected chi connectivity index (χ2v) is 9.63. The summed E-state index contributed by atoms with van der Waals surface area (Å²) in [5, 5.41) is 0. The Kier molecular flexibility index (Phi) is 6.21. The largest absolute Gasteiger partial charge is 0.416 e. The summed E-state index contributed by atoms with van der Waals surface area (Å²) >= 11 is 0. The van der Waals surface area contributed by atoms with E-state index < -0.39 is 32.2 Å². The molecule has 1 aromatic carbocycles. The van der Waals surface area contributed by atoms with E-state index in [2.05, 4.69) is 4.98 Å². The Morgan fingerprint density at radius 3 is 2.37 bits per heavy atom. The summed E-state index contributed by atoms with van der Waals surface area (Å²) < 4.78 is 64.1. The minimum atomic E-state index is -4.64. The lowest BCUT2D eigenvalue weighted by molar-refractivity contribution is -0.137. The van der Waals surface area contributed by atoms with Gasteiger partial charge >= 0.3 is 6.18 Å². The molecule has 0 spiro atoms. The molecule has 0 N–H and O–H groups in total. The second kappa shape index (κ2) is 8.37. The summed E-state index contributed by atoms with van der Waals surface area (Å²) in [4.78, 5) is 18.5. The summed E-state index contributed by atoms with van der Waals surface area (Å²) in [7, 11) is -4.07. The van der Waals surface area contributed by atoms with Crippen LogP contribution in [0.15, 0.2) is 47.4 Å². The van der Waals surface area contributed by atoms with Crippen LogP contribution in [0.5, 0.6) is 0 Å². The highest BCUT2D eigenvalue weighted by atomic mass is 32.2. The van der Waals surface area contributed by atoms with Crippen LogP contribution in [0.25, 0.3) is 0 Å². The Morgan fingerprint density at radius 1 is 1.10 bits per heavy atom. The second-order valence-electron chi connectivity index (χ2n) is 7.64.